The fraction of sp³-hybridized carbons (Fsp3) is 0.462. The number of hydrogen-bond donors (Lipinski definition) is 1. The van der Waals surface area contributed by atoms with Crippen molar-refractivity contribution in [3.63, 3.8) is 0 Å². The summed E-state index contributed by atoms with van der Waals surface area (Å²) in [6.45, 7) is 0.943. The molecule has 2 aromatic heterocycles. The molecule has 16 heavy (non-hydrogen) atoms. The molecule has 0 aromatic carbocycles. The third kappa shape index (κ3) is 1.83. The van der Waals surface area contributed by atoms with Crippen molar-refractivity contribution < 1.29 is 0 Å². The number of fused-ring (bicyclic) bond motifs is 1. The van der Waals surface area contributed by atoms with Crippen LogP contribution in [-0.2, 0) is 6.54 Å². The number of imidazole rings is 1. The largest absolute Gasteiger partial charge is 0.308 e. The summed E-state index contributed by atoms with van der Waals surface area (Å²) in [7, 11) is 0. The van der Waals surface area contributed by atoms with Crippen molar-refractivity contribution in [2.24, 2.45) is 0 Å². The Morgan fingerprint density at radius 2 is 2.19 bits per heavy atom. The van der Waals surface area contributed by atoms with Crippen molar-refractivity contribution in [3.8, 4) is 0 Å². The van der Waals surface area contributed by atoms with Gasteiger partial charge in [-0.05, 0) is 25.0 Å². The minimum absolute atomic E-state index is 0.721. The van der Waals surface area contributed by atoms with E-state index in [1.807, 2.05) is 18.5 Å². The predicted octanol–water partition coefficient (Wildman–Crippen LogP) is 2.37. The average molecular weight is 215 g/mol. The summed E-state index contributed by atoms with van der Waals surface area (Å²) in [4.78, 5) is 4.29. The first-order chi connectivity index (χ1) is 7.93. The van der Waals surface area contributed by atoms with E-state index in [0.29, 0.717) is 0 Å². The van der Waals surface area contributed by atoms with Crippen molar-refractivity contribution in [1.82, 2.24) is 14.7 Å². The van der Waals surface area contributed by atoms with E-state index >= 15 is 0 Å². The molecule has 0 amide bonds. The maximum Gasteiger partial charge on any atom is 0.136 e. The summed E-state index contributed by atoms with van der Waals surface area (Å²) in [6, 6.07) is 7.00. The molecule has 0 spiro atoms. The van der Waals surface area contributed by atoms with Crippen molar-refractivity contribution in [2.75, 3.05) is 0 Å². The molecule has 0 unspecified atom stereocenters. The Labute approximate surface area is 95.5 Å². The topological polar surface area (TPSA) is 29.3 Å². The molecule has 3 nitrogen and oxygen atoms in total. The number of rotatable bonds is 3. The second-order valence-electron chi connectivity index (χ2n) is 4.53. The van der Waals surface area contributed by atoms with E-state index in [2.05, 4.69) is 26.8 Å². The van der Waals surface area contributed by atoms with Crippen LogP contribution in [0, 0.1) is 0 Å². The minimum Gasteiger partial charge on any atom is -0.308 e. The van der Waals surface area contributed by atoms with Gasteiger partial charge in [-0.2, -0.15) is 0 Å². The summed E-state index contributed by atoms with van der Waals surface area (Å²) in [5, 5.41) is 3.63. The lowest BCUT2D eigenvalue weighted by molar-refractivity contribution is 0.517. The van der Waals surface area contributed by atoms with E-state index in [0.717, 1.165) is 18.2 Å². The van der Waals surface area contributed by atoms with Crippen molar-refractivity contribution >= 4 is 5.65 Å². The highest BCUT2D eigenvalue weighted by molar-refractivity contribution is 5.39. The highest BCUT2D eigenvalue weighted by Gasteiger charge is 2.14. The number of hydrogen-bond acceptors (Lipinski definition) is 2. The zero-order valence-electron chi connectivity index (χ0n) is 9.39. The summed E-state index contributed by atoms with van der Waals surface area (Å²) in [5.41, 5.74) is 2.33. The van der Waals surface area contributed by atoms with Gasteiger partial charge in [0.25, 0.3) is 0 Å². The Morgan fingerprint density at radius 1 is 1.31 bits per heavy atom. The second kappa shape index (κ2) is 4.26. The van der Waals surface area contributed by atoms with Gasteiger partial charge in [-0.15, -0.1) is 0 Å². The summed E-state index contributed by atoms with van der Waals surface area (Å²) in [5.74, 6) is 0. The minimum atomic E-state index is 0.721. The van der Waals surface area contributed by atoms with Crippen LogP contribution in [0.5, 0.6) is 0 Å². The molecule has 1 aliphatic carbocycles. The molecule has 0 atom stereocenters. The van der Waals surface area contributed by atoms with Crippen LogP contribution in [0.2, 0.25) is 0 Å². The summed E-state index contributed by atoms with van der Waals surface area (Å²) >= 11 is 0. The second-order valence-corrected chi connectivity index (χ2v) is 4.53. The first-order valence-electron chi connectivity index (χ1n) is 6.08. The van der Waals surface area contributed by atoms with Crippen LogP contribution < -0.4 is 5.32 Å². The molecule has 0 bridgehead atoms. The molecular weight excluding hydrogens is 198 g/mol. The van der Waals surface area contributed by atoms with Gasteiger partial charge in [0.15, 0.2) is 0 Å². The lowest BCUT2D eigenvalue weighted by atomic mass is 10.2. The Hall–Kier alpha value is -1.35. The van der Waals surface area contributed by atoms with Gasteiger partial charge < -0.3 is 9.72 Å². The summed E-state index contributed by atoms with van der Waals surface area (Å²) in [6.07, 6.45) is 9.31. The molecule has 1 aliphatic rings. The average Bonchev–Trinajstić information content (AvgIpc) is 2.97. The van der Waals surface area contributed by atoms with Gasteiger partial charge in [-0.1, -0.05) is 18.9 Å². The standard InChI is InChI=1S/C13H17N3/c1-2-5-11(4-1)15-10-12-6-3-7-13-14-8-9-16(12)13/h3,6-9,11,15H,1-2,4-5,10H2. The molecule has 0 radical (unpaired) electrons. The van der Waals surface area contributed by atoms with Crippen LogP contribution in [0.25, 0.3) is 5.65 Å². The quantitative estimate of drug-likeness (QED) is 0.851. The fourth-order valence-electron chi connectivity index (χ4n) is 2.53. The van der Waals surface area contributed by atoms with Crippen LogP contribution in [0.1, 0.15) is 31.4 Å². The lowest BCUT2D eigenvalue weighted by Crippen LogP contribution is -2.26. The molecule has 84 valence electrons. The van der Waals surface area contributed by atoms with Crippen LogP contribution in [0.15, 0.2) is 30.6 Å². The molecule has 3 heteroatoms. The van der Waals surface area contributed by atoms with E-state index in [9.17, 15) is 0 Å². The van der Waals surface area contributed by atoms with Crippen molar-refractivity contribution in [1.29, 1.82) is 0 Å². The Kier molecular flexibility index (Phi) is 2.62. The highest BCUT2D eigenvalue weighted by Crippen LogP contribution is 2.18. The first-order valence-corrected chi connectivity index (χ1v) is 6.08. The zero-order chi connectivity index (χ0) is 10.8. The van der Waals surface area contributed by atoms with Crippen LogP contribution >= 0.6 is 0 Å². The number of nitrogens with zero attached hydrogens (tertiary/aromatic N) is 2. The van der Waals surface area contributed by atoms with Crippen LogP contribution in [0.3, 0.4) is 0 Å². The zero-order valence-corrected chi connectivity index (χ0v) is 9.39. The Bertz CT molecular complexity index is 469. The SMILES string of the molecule is c1cc(CNC2CCCC2)n2ccnc2c1. The van der Waals surface area contributed by atoms with Crippen molar-refractivity contribution in [3.05, 3.63) is 36.3 Å². The Balaban J connectivity index is 1.75. The number of nitrogens with one attached hydrogen (secondary N) is 1. The van der Waals surface area contributed by atoms with Gasteiger partial charge in [0, 0.05) is 30.7 Å². The van der Waals surface area contributed by atoms with Gasteiger partial charge in [0.1, 0.15) is 5.65 Å². The van der Waals surface area contributed by atoms with E-state index < -0.39 is 0 Å². The van der Waals surface area contributed by atoms with E-state index in [1.54, 1.807) is 0 Å². The maximum atomic E-state index is 4.29. The number of aromatic nitrogens is 2. The molecule has 1 N–H and O–H groups in total. The molecule has 1 saturated carbocycles. The van der Waals surface area contributed by atoms with E-state index in [1.165, 1.54) is 31.4 Å². The molecule has 2 aromatic rings. The molecule has 2 heterocycles. The van der Waals surface area contributed by atoms with Crippen molar-refractivity contribution in [2.45, 2.75) is 38.3 Å². The lowest BCUT2D eigenvalue weighted by Gasteiger charge is -2.12. The maximum absolute atomic E-state index is 4.29. The molecule has 3 rings (SSSR count). The smallest absolute Gasteiger partial charge is 0.136 e. The summed E-state index contributed by atoms with van der Waals surface area (Å²) < 4.78 is 2.15. The molecule has 1 fully saturated rings. The van der Waals surface area contributed by atoms with E-state index in [4.69, 9.17) is 0 Å². The van der Waals surface area contributed by atoms with E-state index in [-0.39, 0.29) is 0 Å². The van der Waals surface area contributed by atoms with Crippen LogP contribution in [0.4, 0.5) is 0 Å². The highest BCUT2D eigenvalue weighted by atomic mass is 15.0. The molecule has 0 aliphatic heterocycles. The van der Waals surface area contributed by atoms with Gasteiger partial charge in [-0.25, -0.2) is 4.98 Å². The fourth-order valence-corrected chi connectivity index (χ4v) is 2.53. The molecule has 0 saturated heterocycles. The monoisotopic (exact) mass is 215 g/mol. The van der Waals surface area contributed by atoms with Gasteiger partial charge in [0.05, 0.1) is 0 Å². The van der Waals surface area contributed by atoms with Crippen LogP contribution in [-0.4, -0.2) is 15.4 Å². The first kappa shape index (κ1) is 9.85. The normalized spacial score (nSPS) is 17.2. The third-order valence-corrected chi connectivity index (χ3v) is 3.44. The third-order valence-electron chi connectivity index (χ3n) is 3.44. The van der Waals surface area contributed by atoms with Gasteiger partial charge in [-0.3, -0.25) is 0 Å². The molecular formula is C13H17N3. The van der Waals surface area contributed by atoms with Gasteiger partial charge >= 0.3 is 0 Å². The predicted molar refractivity (Wildman–Crippen MR) is 64.3 cm³/mol. The van der Waals surface area contributed by atoms with Gasteiger partial charge in [0.2, 0.25) is 0 Å². The number of pyridine rings is 1. The Morgan fingerprint density at radius 3 is 3.06 bits per heavy atom.